The fourth-order valence-corrected chi connectivity index (χ4v) is 2.38. The van der Waals surface area contributed by atoms with E-state index in [-0.39, 0.29) is 0 Å². The summed E-state index contributed by atoms with van der Waals surface area (Å²) >= 11 is 0. The average Bonchev–Trinajstić information content (AvgIpc) is 2.44. The lowest BCUT2D eigenvalue weighted by atomic mass is 10.1. The number of para-hydroxylation sites is 1. The van der Waals surface area contributed by atoms with Crippen LogP contribution in [0.15, 0.2) is 30.3 Å². The number of aromatic nitrogens is 1. The van der Waals surface area contributed by atoms with E-state index in [9.17, 15) is 0 Å². The van der Waals surface area contributed by atoms with Crippen molar-refractivity contribution in [1.29, 1.82) is 0 Å². The highest BCUT2D eigenvalue weighted by atomic mass is 15.1. The largest absolute Gasteiger partial charge is 0.374 e. The quantitative estimate of drug-likeness (QED) is 0.870. The van der Waals surface area contributed by atoms with E-state index in [0.717, 1.165) is 30.7 Å². The van der Waals surface area contributed by atoms with Crippen LogP contribution in [-0.4, -0.2) is 24.6 Å². The zero-order valence-electron chi connectivity index (χ0n) is 13.0. The van der Waals surface area contributed by atoms with Gasteiger partial charge in [-0.3, -0.25) is 4.98 Å². The molecule has 0 spiro atoms. The molecule has 1 heterocycles. The molecule has 0 fully saturated rings. The Morgan fingerprint density at radius 3 is 2.70 bits per heavy atom. The molecular formula is C17H25N3. The summed E-state index contributed by atoms with van der Waals surface area (Å²) in [7, 11) is 2.16. The van der Waals surface area contributed by atoms with Crippen LogP contribution in [-0.2, 0) is 6.54 Å². The number of hydrogen-bond donors (Lipinski definition) is 1. The van der Waals surface area contributed by atoms with Crippen molar-refractivity contribution < 1.29 is 0 Å². The smallest absolute Gasteiger partial charge is 0.0726 e. The normalized spacial score (nSPS) is 11.2. The van der Waals surface area contributed by atoms with Crippen molar-refractivity contribution in [2.75, 3.05) is 18.5 Å². The topological polar surface area (TPSA) is 28.2 Å². The van der Waals surface area contributed by atoms with Crippen molar-refractivity contribution in [3.63, 3.8) is 0 Å². The lowest BCUT2D eigenvalue weighted by Gasteiger charge is -2.21. The molecule has 1 aromatic carbocycles. The molecule has 0 amide bonds. The van der Waals surface area contributed by atoms with Crippen molar-refractivity contribution in [1.82, 2.24) is 10.3 Å². The number of nitrogens with one attached hydrogen (secondary N) is 1. The molecule has 2 aromatic rings. The fraction of sp³-hybridized carbons (Fsp3) is 0.471. The minimum absolute atomic E-state index is 0.472. The monoisotopic (exact) mass is 271 g/mol. The van der Waals surface area contributed by atoms with Crippen LogP contribution in [0.2, 0.25) is 0 Å². The predicted octanol–water partition coefficient (Wildman–Crippen LogP) is 3.58. The van der Waals surface area contributed by atoms with Gasteiger partial charge in [0.05, 0.1) is 11.2 Å². The Kier molecular flexibility index (Phi) is 4.96. The van der Waals surface area contributed by atoms with Crippen LogP contribution < -0.4 is 10.2 Å². The maximum atomic E-state index is 4.76. The number of anilines is 1. The number of fused-ring (bicyclic) bond motifs is 1. The van der Waals surface area contributed by atoms with Crippen molar-refractivity contribution in [3.8, 4) is 0 Å². The van der Waals surface area contributed by atoms with Crippen LogP contribution in [0, 0.1) is 0 Å². The summed E-state index contributed by atoms with van der Waals surface area (Å²) < 4.78 is 0. The highest BCUT2D eigenvalue weighted by Gasteiger charge is 2.09. The van der Waals surface area contributed by atoms with E-state index >= 15 is 0 Å². The van der Waals surface area contributed by atoms with Crippen LogP contribution in [0.5, 0.6) is 0 Å². The molecule has 3 nitrogen and oxygen atoms in total. The molecule has 0 bridgehead atoms. The first-order chi connectivity index (χ1) is 9.61. The van der Waals surface area contributed by atoms with Gasteiger partial charge >= 0.3 is 0 Å². The van der Waals surface area contributed by atoms with E-state index < -0.39 is 0 Å². The van der Waals surface area contributed by atoms with Gasteiger partial charge in [-0.15, -0.1) is 0 Å². The van der Waals surface area contributed by atoms with Crippen LogP contribution in [0.25, 0.3) is 10.9 Å². The summed E-state index contributed by atoms with van der Waals surface area (Å²) in [6.45, 7) is 8.40. The molecule has 20 heavy (non-hydrogen) atoms. The molecule has 108 valence electrons. The number of pyridine rings is 1. The van der Waals surface area contributed by atoms with E-state index in [1.165, 1.54) is 11.1 Å². The zero-order chi connectivity index (χ0) is 14.5. The highest BCUT2D eigenvalue weighted by molar-refractivity contribution is 5.91. The number of nitrogens with zero attached hydrogens (tertiary/aromatic N) is 2. The molecule has 0 aliphatic rings. The summed E-state index contributed by atoms with van der Waals surface area (Å²) in [5.74, 6) is 0. The van der Waals surface area contributed by atoms with E-state index in [0.29, 0.717) is 6.04 Å². The third kappa shape index (κ3) is 3.48. The van der Waals surface area contributed by atoms with E-state index in [4.69, 9.17) is 4.98 Å². The van der Waals surface area contributed by atoms with E-state index in [1.54, 1.807) is 0 Å². The fourth-order valence-electron chi connectivity index (χ4n) is 2.38. The van der Waals surface area contributed by atoms with Gasteiger partial charge in [0, 0.05) is 37.3 Å². The Labute approximate surface area is 122 Å². The Bertz CT molecular complexity index is 563. The summed E-state index contributed by atoms with van der Waals surface area (Å²) in [6.07, 6.45) is 1.15. The maximum Gasteiger partial charge on any atom is 0.0726 e. The van der Waals surface area contributed by atoms with Gasteiger partial charge in [-0.25, -0.2) is 0 Å². The molecular weight excluding hydrogens is 246 g/mol. The van der Waals surface area contributed by atoms with Gasteiger partial charge in [-0.1, -0.05) is 39.0 Å². The lowest BCUT2D eigenvalue weighted by molar-refractivity contribution is 0.582. The van der Waals surface area contributed by atoms with Crippen molar-refractivity contribution in [2.45, 2.75) is 39.8 Å². The van der Waals surface area contributed by atoms with Crippen LogP contribution >= 0.6 is 0 Å². The molecule has 0 unspecified atom stereocenters. The Balaban J connectivity index is 2.41. The molecule has 1 N–H and O–H groups in total. The van der Waals surface area contributed by atoms with Gasteiger partial charge < -0.3 is 10.2 Å². The Hall–Kier alpha value is -1.61. The summed E-state index contributed by atoms with van der Waals surface area (Å²) in [4.78, 5) is 7.08. The van der Waals surface area contributed by atoms with Crippen molar-refractivity contribution >= 4 is 16.6 Å². The average molecular weight is 271 g/mol. The molecule has 3 heteroatoms. The predicted molar refractivity (Wildman–Crippen MR) is 87.3 cm³/mol. The molecule has 0 saturated carbocycles. The minimum atomic E-state index is 0.472. The zero-order valence-corrected chi connectivity index (χ0v) is 13.0. The third-order valence-electron chi connectivity index (χ3n) is 3.41. The molecule has 0 radical (unpaired) electrons. The second kappa shape index (κ2) is 6.71. The summed E-state index contributed by atoms with van der Waals surface area (Å²) in [6, 6.07) is 11.1. The molecule has 0 aliphatic carbocycles. The second-order valence-electron chi connectivity index (χ2n) is 5.61. The third-order valence-corrected chi connectivity index (χ3v) is 3.41. The molecule has 0 saturated heterocycles. The standard InChI is InChI=1S/C17H25N3/c1-5-10-20(4)17-11-14(12-18-13(2)3)19-16-9-7-6-8-15(16)17/h6-9,11,13,18H,5,10,12H2,1-4H3. The number of rotatable bonds is 6. The Morgan fingerprint density at radius 2 is 2.00 bits per heavy atom. The molecule has 0 aliphatic heterocycles. The van der Waals surface area contributed by atoms with E-state index in [1.807, 2.05) is 0 Å². The second-order valence-corrected chi connectivity index (χ2v) is 5.61. The molecule has 2 rings (SSSR count). The van der Waals surface area contributed by atoms with Gasteiger partial charge in [0.1, 0.15) is 0 Å². The van der Waals surface area contributed by atoms with Crippen LogP contribution in [0.4, 0.5) is 5.69 Å². The number of hydrogen-bond acceptors (Lipinski definition) is 3. The van der Waals surface area contributed by atoms with Gasteiger partial charge in [0.25, 0.3) is 0 Å². The SMILES string of the molecule is CCCN(C)c1cc(CNC(C)C)nc2ccccc12. The first-order valence-electron chi connectivity index (χ1n) is 7.45. The van der Waals surface area contributed by atoms with Crippen molar-refractivity contribution in [2.24, 2.45) is 0 Å². The molecule has 1 aromatic heterocycles. The first-order valence-corrected chi connectivity index (χ1v) is 7.45. The maximum absolute atomic E-state index is 4.76. The Morgan fingerprint density at radius 1 is 1.25 bits per heavy atom. The van der Waals surface area contributed by atoms with Crippen molar-refractivity contribution in [3.05, 3.63) is 36.0 Å². The molecule has 0 atom stereocenters. The van der Waals surface area contributed by atoms with Gasteiger partial charge in [0.15, 0.2) is 0 Å². The van der Waals surface area contributed by atoms with Crippen LogP contribution in [0.1, 0.15) is 32.9 Å². The van der Waals surface area contributed by atoms with Gasteiger partial charge in [-0.2, -0.15) is 0 Å². The summed E-state index contributed by atoms with van der Waals surface area (Å²) in [5, 5.41) is 4.68. The summed E-state index contributed by atoms with van der Waals surface area (Å²) in [5.41, 5.74) is 3.46. The minimum Gasteiger partial charge on any atom is -0.374 e. The van der Waals surface area contributed by atoms with E-state index in [2.05, 4.69) is 68.4 Å². The lowest BCUT2D eigenvalue weighted by Crippen LogP contribution is -2.23. The number of benzene rings is 1. The highest BCUT2D eigenvalue weighted by Crippen LogP contribution is 2.26. The first kappa shape index (κ1) is 14.8. The van der Waals surface area contributed by atoms with Gasteiger partial charge in [0.2, 0.25) is 0 Å². The van der Waals surface area contributed by atoms with Crippen LogP contribution in [0.3, 0.4) is 0 Å². The van der Waals surface area contributed by atoms with Gasteiger partial charge in [-0.05, 0) is 18.6 Å².